The first-order valence-electron chi connectivity index (χ1n) is 9.73. The van der Waals surface area contributed by atoms with Gasteiger partial charge in [0, 0.05) is 43.5 Å². The van der Waals surface area contributed by atoms with Crippen LogP contribution in [0.1, 0.15) is 40.5 Å². The van der Waals surface area contributed by atoms with E-state index >= 15 is 0 Å². The number of esters is 3. The number of likely N-dealkylation sites (N-methyl/N-ethyl adjacent to an activating group) is 1. The molecule has 29 heavy (non-hydrogen) atoms. The highest BCUT2D eigenvalue weighted by Gasteiger charge is 2.45. The zero-order chi connectivity index (χ0) is 21.8. The van der Waals surface area contributed by atoms with Crippen molar-refractivity contribution < 1.29 is 33.4 Å². The highest BCUT2D eigenvalue weighted by molar-refractivity contribution is 6.01. The second-order valence-electron chi connectivity index (χ2n) is 7.73. The van der Waals surface area contributed by atoms with Gasteiger partial charge < -0.3 is 19.1 Å². The Kier molecular flexibility index (Phi) is 7.35. The molecule has 8 nitrogen and oxygen atoms in total. The maximum Gasteiger partial charge on any atom is 0.350 e. The molecule has 0 N–H and O–H groups in total. The van der Waals surface area contributed by atoms with Crippen molar-refractivity contribution in [3.8, 4) is 0 Å². The van der Waals surface area contributed by atoms with Crippen LogP contribution in [0.5, 0.6) is 0 Å². The minimum absolute atomic E-state index is 0.123. The minimum atomic E-state index is -1.61. The lowest BCUT2D eigenvalue weighted by Gasteiger charge is -2.34. The molecule has 160 valence electrons. The van der Waals surface area contributed by atoms with Gasteiger partial charge in [-0.25, -0.2) is 9.59 Å². The number of allylic oxidation sites excluding steroid dienone is 1. The van der Waals surface area contributed by atoms with E-state index in [1.165, 1.54) is 13.8 Å². The molecule has 0 aromatic carbocycles. The van der Waals surface area contributed by atoms with Gasteiger partial charge in [0.25, 0.3) is 0 Å². The summed E-state index contributed by atoms with van der Waals surface area (Å²) in [6.45, 7) is 6.83. The van der Waals surface area contributed by atoms with Gasteiger partial charge in [-0.15, -0.1) is 0 Å². The van der Waals surface area contributed by atoms with E-state index in [9.17, 15) is 19.2 Å². The van der Waals surface area contributed by atoms with E-state index in [0.29, 0.717) is 25.1 Å². The number of ether oxygens (including phenoxy) is 3. The van der Waals surface area contributed by atoms with Crippen LogP contribution in [0.4, 0.5) is 0 Å². The van der Waals surface area contributed by atoms with E-state index in [2.05, 4.69) is 0 Å². The van der Waals surface area contributed by atoms with E-state index in [1.54, 1.807) is 26.0 Å². The quantitative estimate of drug-likeness (QED) is 0.367. The van der Waals surface area contributed by atoms with Crippen molar-refractivity contribution in [3.63, 3.8) is 0 Å². The number of nitrogens with zero attached hydrogens (tertiary/aromatic N) is 1. The van der Waals surface area contributed by atoms with Crippen LogP contribution in [0.15, 0.2) is 23.3 Å². The molecule has 0 aromatic heterocycles. The highest BCUT2D eigenvalue weighted by atomic mass is 16.6. The summed E-state index contributed by atoms with van der Waals surface area (Å²) in [5, 5.41) is 0. The summed E-state index contributed by atoms with van der Waals surface area (Å²) >= 11 is 0. The number of hydrogen-bond donors (Lipinski definition) is 0. The van der Waals surface area contributed by atoms with Gasteiger partial charge in [0.2, 0.25) is 11.4 Å². The molecule has 0 radical (unpaired) electrons. The third kappa shape index (κ3) is 5.32. The Hall–Kier alpha value is -2.48. The third-order valence-corrected chi connectivity index (χ3v) is 5.48. The van der Waals surface area contributed by atoms with E-state index < -0.39 is 35.5 Å². The summed E-state index contributed by atoms with van der Waals surface area (Å²) in [6.07, 6.45) is 2.78. The molecule has 8 heteroatoms. The zero-order valence-electron chi connectivity index (χ0n) is 17.6. The summed E-state index contributed by atoms with van der Waals surface area (Å²) in [5.41, 5.74) is -1.05. The van der Waals surface area contributed by atoms with Crippen LogP contribution >= 0.6 is 0 Å². The monoisotopic (exact) mass is 407 g/mol. The van der Waals surface area contributed by atoms with Crippen molar-refractivity contribution in [2.45, 2.75) is 52.2 Å². The number of hydrogen-bond acceptors (Lipinski definition) is 8. The summed E-state index contributed by atoms with van der Waals surface area (Å²) in [7, 11) is 1.88. The van der Waals surface area contributed by atoms with Crippen LogP contribution in [0.2, 0.25) is 0 Å². The summed E-state index contributed by atoms with van der Waals surface area (Å²) in [4.78, 5) is 52.1. The van der Waals surface area contributed by atoms with Crippen molar-refractivity contribution in [2.24, 2.45) is 5.92 Å². The number of cyclic esters (lactones) is 1. The number of Topliss-reactive ketones (excluding diaryl/α,β-unsaturated/α-hetero) is 1. The molecule has 1 saturated heterocycles. The highest BCUT2D eigenvalue weighted by Crippen LogP contribution is 2.31. The van der Waals surface area contributed by atoms with Crippen LogP contribution in [0.25, 0.3) is 0 Å². The molecule has 0 saturated carbocycles. The Labute approximate surface area is 170 Å². The SMILES string of the molecule is C/C=C1/C[C@@H](C)[C@@](C)(OC(C)=O)C(=O)OC/C2=C/CN(C)CC[C@@H](OC1=O)C2=O. The molecule has 0 aliphatic carbocycles. The van der Waals surface area contributed by atoms with Gasteiger partial charge in [-0.05, 0) is 27.3 Å². The van der Waals surface area contributed by atoms with Crippen LogP contribution < -0.4 is 0 Å². The largest absolute Gasteiger partial charge is 0.458 e. The minimum Gasteiger partial charge on any atom is -0.458 e. The molecule has 2 bridgehead atoms. The molecule has 2 aliphatic heterocycles. The summed E-state index contributed by atoms with van der Waals surface area (Å²) < 4.78 is 16.3. The lowest BCUT2D eigenvalue weighted by atomic mass is 9.84. The second-order valence-corrected chi connectivity index (χ2v) is 7.73. The smallest absolute Gasteiger partial charge is 0.350 e. The van der Waals surface area contributed by atoms with Gasteiger partial charge in [0.15, 0.2) is 6.10 Å². The second kappa shape index (κ2) is 9.35. The predicted octanol–water partition coefficient (Wildman–Crippen LogP) is 1.58. The van der Waals surface area contributed by atoms with Crippen molar-refractivity contribution in [2.75, 3.05) is 26.7 Å². The van der Waals surface area contributed by atoms with E-state index in [1.807, 2.05) is 11.9 Å². The zero-order valence-corrected chi connectivity index (χ0v) is 17.6. The lowest BCUT2D eigenvalue weighted by Crippen LogP contribution is -2.48. The van der Waals surface area contributed by atoms with Crippen molar-refractivity contribution in [1.82, 2.24) is 4.90 Å². The number of ketones is 1. The number of rotatable bonds is 1. The van der Waals surface area contributed by atoms with Crippen molar-refractivity contribution >= 4 is 23.7 Å². The molecule has 2 rings (SSSR count). The molecule has 0 aromatic rings. The number of carbonyl (C=O) groups excluding carboxylic acids is 4. The number of carbonyl (C=O) groups is 4. The fourth-order valence-electron chi connectivity index (χ4n) is 3.35. The predicted molar refractivity (Wildman–Crippen MR) is 104 cm³/mol. The Morgan fingerprint density at radius 2 is 2.03 bits per heavy atom. The van der Waals surface area contributed by atoms with E-state index in [4.69, 9.17) is 14.2 Å². The van der Waals surface area contributed by atoms with Gasteiger partial charge in [-0.2, -0.15) is 0 Å². The van der Waals surface area contributed by atoms with Crippen molar-refractivity contribution in [3.05, 3.63) is 23.3 Å². The van der Waals surface area contributed by atoms with E-state index in [-0.39, 0.29) is 24.4 Å². The Bertz CT molecular complexity index is 754. The molecule has 2 heterocycles. The lowest BCUT2D eigenvalue weighted by molar-refractivity contribution is -0.185. The Morgan fingerprint density at radius 1 is 1.34 bits per heavy atom. The van der Waals surface area contributed by atoms with Gasteiger partial charge in [0.05, 0.1) is 0 Å². The first-order valence-corrected chi connectivity index (χ1v) is 9.73. The molecule has 0 unspecified atom stereocenters. The number of fused-ring (bicyclic) bond motifs is 2. The van der Waals surface area contributed by atoms with Gasteiger partial charge in [0.1, 0.15) is 6.61 Å². The summed E-state index contributed by atoms with van der Waals surface area (Å²) in [6, 6.07) is 0. The standard InChI is InChI=1S/C21H29NO7/c1-6-15-11-13(2)21(4,29-14(3)23)20(26)27-12-16-7-9-22(5)10-8-17(18(16)24)28-19(15)25/h6-7,13,17H,8-12H2,1-5H3/b15-6-,16-7-/t13-,17-,21-/m1/s1. The van der Waals surface area contributed by atoms with Gasteiger partial charge in [-0.3, -0.25) is 9.59 Å². The average Bonchev–Trinajstić information content (AvgIpc) is 2.65. The van der Waals surface area contributed by atoms with Crippen molar-refractivity contribution in [1.29, 1.82) is 0 Å². The molecule has 3 atom stereocenters. The Morgan fingerprint density at radius 3 is 2.66 bits per heavy atom. The fraction of sp³-hybridized carbons (Fsp3) is 0.619. The third-order valence-electron chi connectivity index (χ3n) is 5.48. The molecular weight excluding hydrogens is 378 g/mol. The van der Waals surface area contributed by atoms with Gasteiger partial charge in [-0.1, -0.05) is 19.1 Å². The Balaban J connectivity index is 2.48. The van der Waals surface area contributed by atoms with Crippen LogP contribution in [-0.2, 0) is 33.4 Å². The fourth-order valence-corrected chi connectivity index (χ4v) is 3.35. The topological polar surface area (TPSA) is 99.2 Å². The summed E-state index contributed by atoms with van der Waals surface area (Å²) in [5.74, 6) is -2.95. The van der Waals surface area contributed by atoms with Crippen LogP contribution in [0.3, 0.4) is 0 Å². The first-order chi connectivity index (χ1) is 13.6. The van der Waals surface area contributed by atoms with Crippen LogP contribution in [-0.4, -0.2) is 67.0 Å². The first kappa shape index (κ1) is 22.8. The molecule has 0 amide bonds. The maximum atomic E-state index is 12.9. The van der Waals surface area contributed by atoms with Gasteiger partial charge >= 0.3 is 17.9 Å². The molecule has 1 fully saturated rings. The molecule has 2 aliphatic rings. The normalized spacial score (nSPS) is 33.2. The molecular formula is C21H29NO7. The van der Waals surface area contributed by atoms with Crippen LogP contribution in [0, 0.1) is 5.92 Å². The molecule has 0 spiro atoms. The maximum absolute atomic E-state index is 12.9. The average molecular weight is 407 g/mol. The van der Waals surface area contributed by atoms with E-state index in [0.717, 1.165) is 0 Å².